The van der Waals surface area contributed by atoms with Crippen LogP contribution in [0.3, 0.4) is 0 Å². The van der Waals surface area contributed by atoms with E-state index in [4.69, 9.17) is 16.6 Å². The number of carbonyl (C=O) groups excluding carboxylic acids is 1. The highest BCUT2D eigenvalue weighted by molar-refractivity contribution is 7.19. The quantitative estimate of drug-likeness (QED) is 0.578. The average molecular weight is 289 g/mol. The van der Waals surface area contributed by atoms with Crippen LogP contribution in [0.15, 0.2) is 11.8 Å². The highest BCUT2D eigenvalue weighted by Gasteiger charge is 2.20. The molecule has 1 atom stereocenters. The van der Waals surface area contributed by atoms with E-state index in [0.29, 0.717) is 22.6 Å². The number of hydrogen-bond donors (Lipinski definition) is 3. The van der Waals surface area contributed by atoms with Crippen molar-refractivity contribution in [2.75, 3.05) is 0 Å². The van der Waals surface area contributed by atoms with Crippen molar-refractivity contribution in [3.63, 3.8) is 0 Å². The van der Waals surface area contributed by atoms with Crippen molar-refractivity contribution in [2.24, 2.45) is 12.8 Å². The third-order valence-electron chi connectivity index (χ3n) is 3.23. The summed E-state index contributed by atoms with van der Waals surface area (Å²) in [6.45, 7) is 1.91. The van der Waals surface area contributed by atoms with Crippen molar-refractivity contribution in [3.05, 3.63) is 28.0 Å². The van der Waals surface area contributed by atoms with Crippen LogP contribution in [0.1, 0.15) is 33.9 Å². The van der Waals surface area contributed by atoms with Gasteiger partial charge in [0.05, 0.1) is 10.4 Å². The van der Waals surface area contributed by atoms with Crippen LogP contribution in [-0.4, -0.2) is 28.3 Å². The first-order valence-corrected chi connectivity index (χ1v) is 6.77. The lowest BCUT2D eigenvalue weighted by Gasteiger charge is -2.07. The summed E-state index contributed by atoms with van der Waals surface area (Å²) < 4.78 is 2.50. The summed E-state index contributed by atoms with van der Waals surface area (Å²) in [7, 11) is 1.75. The fourth-order valence-corrected chi connectivity index (χ4v) is 3.19. The molecule has 0 aliphatic heterocycles. The van der Waals surface area contributed by atoms with Crippen molar-refractivity contribution >= 4 is 40.4 Å². The van der Waals surface area contributed by atoms with Gasteiger partial charge in [-0.3, -0.25) is 4.79 Å². The van der Waals surface area contributed by atoms with E-state index < -0.39 is 0 Å². The van der Waals surface area contributed by atoms with Gasteiger partial charge in [-0.25, -0.2) is 4.98 Å². The highest BCUT2D eigenvalue weighted by Crippen LogP contribution is 2.33. The van der Waals surface area contributed by atoms with Crippen LogP contribution in [0.2, 0.25) is 0 Å². The zero-order chi connectivity index (χ0) is 14.9. The third-order valence-corrected chi connectivity index (χ3v) is 4.49. The number of fused-ring (bicyclic) bond motifs is 1. The van der Waals surface area contributed by atoms with Crippen LogP contribution in [-0.2, 0) is 7.05 Å². The minimum absolute atomic E-state index is 0.104. The van der Waals surface area contributed by atoms with Gasteiger partial charge in [0.1, 0.15) is 5.01 Å². The molecule has 0 bridgehead atoms. The number of hydrogen-bond acceptors (Lipinski definition) is 6. The molecule has 104 valence electrons. The first-order chi connectivity index (χ1) is 9.54. The molecule has 4 N–H and O–H groups in total. The Balaban J connectivity index is 2.61. The van der Waals surface area contributed by atoms with Crippen molar-refractivity contribution in [1.82, 2.24) is 9.55 Å². The molecule has 0 aromatic carbocycles. The summed E-state index contributed by atoms with van der Waals surface area (Å²) in [6, 6.07) is 0. The molecule has 0 aliphatic rings. The summed E-state index contributed by atoms with van der Waals surface area (Å²) in [5.74, 6) is -0.104. The smallest absolute Gasteiger partial charge is 0.167 e. The Morgan fingerprint density at radius 2 is 2.20 bits per heavy atom. The SMILES string of the molecule is CC(C(N)=CC=N)c1nc2c(s1)c(C=N)c(C=O)n2C. The second kappa shape index (κ2) is 5.38. The van der Waals surface area contributed by atoms with E-state index in [1.54, 1.807) is 11.6 Å². The van der Waals surface area contributed by atoms with Crippen molar-refractivity contribution in [1.29, 1.82) is 10.8 Å². The maximum atomic E-state index is 11.1. The van der Waals surface area contributed by atoms with Gasteiger partial charge in [-0.2, -0.15) is 0 Å². The summed E-state index contributed by atoms with van der Waals surface area (Å²) in [5.41, 5.74) is 8.17. The van der Waals surface area contributed by atoms with E-state index >= 15 is 0 Å². The molecular formula is C13H15N5OS. The van der Waals surface area contributed by atoms with Crippen molar-refractivity contribution < 1.29 is 4.79 Å². The lowest BCUT2D eigenvalue weighted by Crippen LogP contribution is -2.07. The van der Waals surface area contributed by atoms with Gasteiger partial charge in [0.2, 0.25) is 0 Å². The molecule has 0 fully saturated rings. The Labute approximate surface area is 119 Å². The Morgan fingerprint density at radius 1 is 1.50 bits per heavy atom. The molecule has 0 aliphatic carbocycles. The Morgan fingerprint density at radius 3 is 2.75 bits per heavy atom. The normalized spacial score (nSPS) is 13.4. The number of nitrogens with one attached hydrogen (secondary N) is 2. The maximum absolute atomic E-state index is 11.1. The van der Waals surface area contributed by atoms with Crippen LogP contribution < -0.4 is 5.73 Å². The molecule has 0 spiro atoms. The van der Waals surface area contributed by atoms with E-state index in [1.165, 1.54) is 23.6 Å². The van der Waals surface area contributed by atoms with Gasteiger partial charge in [0, 0.05) is 36.7 Å². The molecule has 1 unspecified atom stereocenters. The van der Waals surface area contributed by atoms with Crippen LogP contribution in [0.5, 0.6) is 0 Å². The predicted octanol–water partition coefficient (Wildman–Crippen LogP) is 2.04. The topological polar surface area (TPSA) is 109 Å². The van der Waals surface area contributed by atoms with Gasteiger partial charge in [-0.05, 0) is 6.08 Å². The lowest BCUT2D eigenvalue weighted by molar-refractivity contribution is 0.111. The van der Waals surface area contributed by atoms with E-state index in [9.17, 15) is 4.79 Å². The standard InChI is InChI=1S/C13H15N5OS/c1-7(9(16)3-4-14)13-17-12-11(20-13)8(5-15)10(6-19)18(12)2/h3-7,14-15H,16H2,1-2H3. The molecule has 2 aromatic heterocycles. The van der Waals surface area contributed by atoms with Gasteiger partial charge in [-0.15, -0.1) is 11.3 Å². The largest absolute Gasteiger partial charge is 0.401 e. The Kier molecular flexibility index (Phi) is 3.80. The number of aromatic nitrogens is 2. The average Bonchev–Trinajstić information content (AvgIpc) is 2.96. The van der Waals surface area contributed by atoms with Gasteiger partial charge in [-0.1, -0.05) is 6.92 Å². The molecule has 0 saturated heterocycles. The van der Waals surface area contributed by atoms with E-state index in [-0.39, 0.29) is 5.92 Å². The summed E-state index contributed by atoms with van der Waals surface area (Å²) in [5, 5.41) is 15.3. The van der Waals surface area contributed by atoms with Gasteiger partial charge in [0.15, 0.2) is 11.9 Å². The summed E-state index contributed by atoms with van der Waals surface area (Å²) in [6.07, 6.45) is 4.59. The molecule has 6 nitrogen and oxygen atoms in total. The molecule has 2 rings (SSSR count). The molecule has 0 radical (unpaired) electrons. The molecule has 2 aromatic rings. The number of rotatable bonds is 5. The van der Waals surface area contributed by atoms with Crippen LogP contribution in [0.4, 0.5) is 0 Å². The number of aryl methyl sites for hydroxylation is 1. The van der Waals surface area contributed by atoms with Gasteiger partial charge < -0.3 is 21.1 Å². The van der Waals surface area contributed by atoms with Crippen LogP contribution >= 0.6 is 11.3 Å². The minimum atomic E-state index is -0.104. The van der Waals surface area contributed by atoms with E-state index in [1.807, 2.05) is 6.92 Å². The third kappa shape index (κ3) is 2.05. The number of nitrogens with two attached hydrogens (primary N) is 1. The molecular weight excluding hydrogens is 274 g/mol. The first kappa shape index (κ1) is 14.1. The number of allylic oxidation sites excluding steroid dienone is 2. The first-order valence-electron chi connectivity index (χ1n) is 5.96. The second-order valence-electron chi connectivity index (χ2n) is 4.38. The van der Waals surface area contributed by atoms with Crippen LogP contribution in [0.25, 0.3) is 10.3 Å². The lowest BCUT2D eigenvalue weighted by atomic mass is 10.1. The zero-order valence-corrected chi connectivity index (χ0v) is 12.0. The van der Waals surface area contributed by atoms with Gasteiger partial charge >= 0.3 is 0 Å². The fraction of sp³-hybridized carbons (Fsp3) is 0.231. The van der Waals surface area contributed by atoms with Crippen molar-refractivity contribution in [2.45, 2.75) is 12.8 Å². The maximum Gasteiger partial charge on any atom is 0.167 e. The number of carbonyl (C=O) groups is 1. The van der Waals surface area contributed by atoms with Crippen LogP contribution in [0, 0.1) is 10.8 Å². The number of thiazole rings is 1. The van der Waals surface area contributed by atoms with E-state index in [2.05, 4.69) is 4.98 Å². The zero-order valence-electron chi connectivity index (χ0n) is 11.2. The van der Waals surface area contributed by atoms with E-state index in [0.717, 1.165) is 22.2 Å². The minimum Gasteiger partial charge on any atom is -0.401 e. The Bertz CT molecular complexity index is 725. The monoisotopic (exact) mass is 289 g/mol. The fourth-order valence-electron chi connectivity index (χ4n) is 1.99. The van der Waals surface area contributed by atoms with Gasteiger partial charge in [0.25, 0.3) is 0 Å². The number of nitrogens with zero attached hydrogens (tertiary/aromatic N) is 2. The molecule has 2 heterocycles. The molecule has 7 heteroatoms. The molecule has 0 saturated carbocycles. The molecule has 0 amide bonds. The predicted molar refractivity (Wildman–Crippen MR) is 81.3 cm³/mol. The Hall–Kier alpha value is -2.28. The summed E-state index contributed by atoms with van der Waals surface area (Å²) >= 11 is 1.42. The van der Waals surface area contributed by atoms with Crippen molar-refractivity contribution in [3.8, 4) is 0 Å². The number of aldehydes is 1. The molecule has 20 heavy (non-hydrogen) atoms. The summed E-state index contributed by atoms with van der Waals surface area (Å²) in [4.78, 5) is 15.6. The second-order valence-corrected chi connectivity index (χ2v) is 5.41. The highest BCUT2D eigenvalue weighted by atomic mass is 32.1.